The first-order valence-corrected chi connectivity index (χ1v) is 7.62. The van der Waals surface area contributed by atoms with Gasteiger partial charge in [-0.15, -0.1) is 0 Å². The van der Waals surface area contributed by atoms with Gasteiger partial charge in [0.2, 0.25) is 5.89 Å². The Morgan fingerprint density at radius 3 is 2.62 bits per heavy atom. The van der Waals surface area contributed by atoms with Crippen LogP contribution < -0.4 is 9.64 Å². The predicted octanol–water partition coefficient (Wildman–Crippen LogP) is 3.27. The summed E-state index contributed by atoms with van der Waals surface area (Å²) in [6, 6.07) is 13.1. The summed E-state index contributed by atoms with van der Waals surface area (Å²) in [5.74, 6) is 1.04. The molecule has 3 rings (SSSR count). The SMILES string of the molecule is CN(C)c1ccc(-c2nc3cc(OC[C@H](O)CF)ccc3o2)cc1. The third-order valence-corrected chi connectivity index (χ3v) is 3.61. The van der Waals surface area contributed by atoms with Gasteiger partial charge < -0.3 is 19.2 Å². The van der Waals surface area contributed by atoms with Crippen LogP contribution in [0.2, 0.25) is 0 Å². The van der Waals surface area contributed by atoms with Crippen molar-refractivity contribution < 1.29 is 18.7 Å². The standard InChI is InChI=1S/C18H19FN2O3/c1-21(2)13-5-3-12(4-6-13)18-20-16-9-15(7-8-17(16)24-18)23-11-14(22)10-19/h3-9,14,22H,10-11H2,1-2H3/t14-/m1/s1. The van der Waals surface area contributed by atoms with E-state index in [-0.39, 0.29) is 6.61 Å². The van der Waals surface area contributed by atoms with Crippen LogP contribution in [0.5, 0.6) is 5.75 Å². The van der Waals surface area contributed by atoms with Crippen molar-refractivity contribution in [3.8, 4) is 17.2 Å². The lowest BCUT2D eigenvalue weighted by atomic mass is 10.2. The Morgan fingerprint density at radius 1 is 1.21 bits per heavy atom. The summed E-state index contributed by atoms with van der Waals surface area (Å²) in [7, 11) is 3.96. The fourth-order valence-electron chi connectivity index (χ4n) is 2.26. The molecule has 0 fully saturated rings. The second-order valence-electron chi connectivity index (χ2n) is 5.71. The fraction of sp³-hybridized carbons (Fsp3) is 0.278. The third-order valence-electron chi connectivity index (χ3n) is 3.61. The number of rotatable bonds is 6. The topological polar surface area (TPSA) is 58.7 Å². The van der Waals surface area contributed by atoms with Gasteiger partial charge in [-0.3, -0.25) is 0 Å². The normalized spacial score (nSPS) is 12.3. The van der Waals surface area contributed by atoms with Gasteiger partial charge in [0.1, 0.15) is 30.7 Å². The molecule has 0 saturated carbocycles. The van der Waals surface area contributed by atoms with Crippen LogP contribution in [0.1, 0.15) is 0 Å². The summed E-state index contributed by atoms with van der Waals surface area (Å²) >= 11 is 0. The maximum Gasteiger partial charge on any atom is 0.227 e. The van der Waals surface area contributed by atoms with E-state index in [4.69, 9.17) is 9.15 Å². The van der Waals surface area contributed by atoms with E-state index in [9.17, 15) is 9.50 Å². The number of anilines is 1. The average Bonchev–Trinajstić information content (AvgIpc) is 3.03. The zero-order valence-corrected chi connectivity index (χ0v) is 13.6. The zero-order chi connectivity index (χ0) is 17.1. The molecule has 3 aromatic rings. The summed E-state index contributed by atoms with van der Waals surface area (Å²) in [5.41, 5.74) is 3.26. The molecular formula is C18H19FN2O3. The highest BCUT2D eigenvalue weighted by Gasteiger charge is 2.10. The summed E-state index contributed by atoms with van der Waals surface area (Å²) < 4.78 is 23.4. The second-order valence-corrected chi connectivity index (χ2v) is 5.71. The lowest BCUT2D eigenvalue weighted by Gasteiger charge is -2.11. The van der Waals surface area contributed by atoms with Crippen LogP contribution in [0.25, 0.3) is 22.6 Å². The van der Waals surface area contributed by atoms with E-state index < -0.39 is 12.8 Å². The van der Waals surface area contributed by atoms with Crippen molar-refractivity contribution in [3.63, 3.8) is 0 Å². The number of aromatic nitrogens is 1. The van der Waals surface area contributed by atoms with Crippen LogP contribution >= 0.6 is 0 Å². The number of oxazole rings is 1. The Balaban J connectivity index is 1.83. The highest BCUT2D eigenvalue weighted by atomic mass is 19.1. The smallest absolute Gasteiger partial charge is 0.227 e. The fourth-order valence-corrected chi connectivity index (χ4v) is 2.26. The maximum atomic E-state index is 12.3. The van der Waals surface area contributed by atoms with Crippen molar-refractivity contribution in [2.75, 3.05) is 32.3 Å². The lowest BCUT2D eigenvalue weighted by Crippen LogP contribution is -2.19. The summed E-state index contributed by atoms with van der Waals surface area (Å²) in [6.07, 6.45) is -1.12. The van der Waals surface area contributed by atoms with Gasteiger partial charge in [0.15, 0.2) is 5.58 Å². The van der Waals surface area contributed by atoms with Crippen molar-refractivity contribution in [2.45, 2.75) is 6.10 Å². The Kier molecular flexibility index (Phi) is 4.66. The number of alkyl halides is 1. The quantitative estimate of drug-likeness (QED) is 0.752. The van der Waals surface area contributed by atoms with Crippen LogP contribution in [-0.2, 0) is 0 Å². The minimum absolute atomic E-state index is 0.0985. The van der Waals surface area contributed by atoms with E-state index in [0.717, 1.165) is 11.3 Å². The Bertz CT molecular complexity index is 815. The van der Waals surface area contributed by atoms with E-state index in [1.807, 2.05) is 43.3 Å². The second kappa shape index (κ2) is 6.88. The minimum atomic E-state index is -1.12. The molecular weight excluding hydrogens is 311 g/mol. The van der Waals surface area contributed by atoms with Crippen LogP contribution in [0.3, 0.4) is 0 Å². The van der Waals surface area contributed by atoms with Crippen molar-refractivity contribution in [1.29, 1.82) is 0 Å². The van der Waals surface area contributed by atoms with Crippen LogP contribution in [0, 0.1) is 0 Å². The number of nitrogens with zero attached hydrogens (tertiary/aromatic N) is 2. The molecule has 0 unspecified atom stereocenters. The van der Waals surface area contributed by atoms with Gasteiger partial charge in [0, 0.05) is 31.4 Å². The van der Waals surface area contributed by atoms with Gasteiger partial charge in [-0.05, 0) is 36.4 Å². The van der Waals surface area contributed by atoms with E-state index in [1.54, 1.807) is 18.2 Å². The largest absolute Gasteiger partial charge is 0.491 e. The number of fused-ring (bicyclic) bond motifs is 1. The molecule has 1 N–H and O–H groups in total. The average molecular weight is 330 g/mol. The van der Waals surface area contributed by atoms with E-state index in [1.165, 1.54) is 0 Å². The molecule has 0 spiro atoms. The van der Waals surface area contributed by atoms with Crippen molar-refractivity contribution in [1.82, 2.24) is 4.98 Å². The van der Waals surface area contributed by atoms with E-state index in [2.05, 4.69) is 4.98 Å². The molecule has 126 valence electrons. The molecule has 1 heterocycles. The number of benzene rings is 2. The number of aliphatic hydroxyl groups excluding tert-OH is 1. The summed E-state index contributed by atoms with van der Waals surface area (Å²) in [4.78, 5) is 6.49. The molecule has 0 aliphatic rings. The monoisotopic (exact) mass is 330 g/mol. The van der Waals surface area contributed by atoms with Crippen molar-refractivity contribution in [3.05, 3.63) is 42.5 Å². The molecule has 0 bridgehead atoms. The molecule has 0 amide bonds. The van der Waals surface area contributed by atoms with E-state index in [0.29, 0.717) is 22.7 Å². The molecule has 0 radical (unpaired) electrons. The van der Waals surface area contributed by atoms with Gasteiger partial charge in [0.05, 0.1) is 0 Å². The minimum Gasteiger partial charge on any atom is -0.491 e. The molecule has 24 heavy (non-hydrogen) atoms. The summed E-state index contributed by atoms with van der Waals surface area (Å²) in [6.45, 7) is -0.933. The Morgan fingerprint density at radius 2 is 1.96 bits per heavy atom. The van der Waals surface area contributed by atoms with Gasteiger partial charge in [-0.2, -0.15) is 0 Å². The first-order chi connectivity index (χ1) is 11.6. The molecule has 0 saturated heterocycles. The Labute approximate surface area is 139 Å². The van der Waals surface area contributed by atoms with Crippen LogP contribution in [0.15, 0.2) is 46.9 Å². The third kappa shape index (κ3) is 3.49. The van der Waals surface area contributed by atoms with E-state index >= 15 is 0 Å². The first kappa shape index (κ1) is 16.3. The number of ether oxygens (including phenoxy) is 1. The Hall–Kier alpha value is -2.60. The van der Waals surface area contributed by atoms with Gasteiger partial charge in [0.25, 0.3) is 0 Å². The predicted molar refractivity (Wildman–Crippen MR) is 91.2 cm³/mol. The molecule has 1 atom stereocenters. The van der Waals surface area contributed by atoms with Gasteiger partial charge in [-0.1, -0.05) is 0 Å². The molecule has 0 aliphatic carbocycles. The molecule has 0 aliphatic heterocycles. The maximum absolute atomic E-state index is 12.3. The summed E-state index contributed by atoms with van der Waals surface area (Å²) in [5, 5.41) is 9.21. The molecule has 6 heteroatoms. The van der Waals surface area contributed by atoms with Crippen LogP contribution in [-0.4, -0.2) is 43.6 Å². The van der Waals surface area contributed by atoms with Gasteiger partial charge in [-0.25, -0.2) is 9.37 Å². The van der Waals surface area contributed by atoms with Crippen LogP contribution in [0.4, 0.5) is 10.1 Å². The number of halogens is 1. The molecule has 2 aromatic carbocycles. The molecule has 1 aromatic heterocycles. The zero-order valence-electron chi connectivity index (χ0n) is 13.6. The number of hydrogen-bond acceptors (Lipinski definition) is 5. The van der Waals surface area contributed by atoms with Crippen molar-refractivity contribution in [2.24, 2.45) is 0 Å². The highest BCUT2D eigenvalue weighted by Crippen LogP contribution is 2.28. The highest BCUT2D eigenvalue weighted by molar-refractivity contribution is 5.78. The van der Waals surface area contributed by atoms with Gasteiger partial charge >= 0.3 is 0 Å². The van der Waals surface area contributed by atoms with Crippen molar-refractivity contribution >= 4 is 16.8 Å². The number of aliphatic hydroxyl groups is 1. The molecule has 5 nitrogen and oxygen atoms in total. The first-order valence-electron chi connectivity index (χ1n) is 7.62. The lowest BCUT2D eigenvalue weighted by molar-refractivity contribution is 0.0842. The number of hydrogen-bond donors (Lipinski definition) is 1.